The molecule has 0 amide bonds. The molecule has 4 nitrogen and oxygen atoms in total. The Morgan fingerprint density at radius 1 is 0.897 bits per heavy atom. The lowest BCUT2D eigenvalue weighted by Crippen LogP contribution is -2.17. The lowest BCUT2D eigenvalue weighted by molar-refractivity contribution is 0.107. The van der Waals surface area contributed by atoms with Crippen LogP contribution in [0.2, 0.25) is 0 Å². The van der Waals surface area contributed by atoms with Crippen LogP contribution in [-0.4, -0.2) is 22.0 Å². The van der Waals surface area contributed by atoms with Gasteiger partial charge in [-0.2, -0.15) is 0 Å². The third-order valence-electron chi connectivity index (χ3n) is 5.18. The van der Waals surface area contributed by atoms with Crippen LogP contribution in [0, 0.1) is 0 Å². The first kappa shape index (κ1) is 21.7. The second-order valence-corrected chi connectivity index (χ2v) is 9.58. The first-order chi connectivity index (χ1) is 14.2. The van der Waals surface area contributed by atoms with Crippen molar-refractivity contribution >= 4 is 10.8 Å². The Labute approximate surface area is 177 Å². The minimum Gasteiger partial charge on any atom is -0.454 e. The molecule has 158 valence electrons. The smallest absolute Gasteiger partial charge is 0.231 e. The average Bonchev–Trinajstić information content (AvgIpc) is 2.71. The van der Waals surface area contributed by atoms with E-state index in [0.29, 0.717) is 23.0 Å². The highest BCUT2D eigenvalue weighted by molar-refractivity contribution is 7.85. The lowest BCUT2D eigenvalue weighted by atomic mass is 10.1. The van der Waals surface area contributed by atoms with E-state index in [0.717, 1.165) is 24.2 Å². The zero-order valence-corrected chi connectivity index (χ0v) is 18.3. The van der Waals surface area contributed by atoms with Crippen molar-refractivity contribution in [3.8, 4) is 23.0 Å². The van der Waals surface area contributed by atoms with Crippen molar-refractivity contribution in [2.24, 2.45) is 0 Å². The molecule has 1 aliphatic rings. The van der Waals surface area contributed by atoms with Crippen LogP contribution in [0.4, 0.5) is 0 Å². The summed E-state index contributed by atoms with van der Waals surface area (Å²) in [7, 11) is -0.807. The molecular formula is C24H32O4S. The lowest BCUT2D eigenvalue weighted by Gasteiger charge is -2.20. The third kappa shape index (κ3) is 6.49. The summed E-state index contributed by atoms with van der Waals surface area (Å²) in [5, 5.41) is 0.121. The summed E-state index contributed by atoms with van der Waals surface area (Å²) in [6, 6.07) is 13.5. The van der Waals surface area contributed by atoms with Crippen molar-refractivity contribution in [1.82, 2.24) is 0 Å². The topological polar surface area (TPSA) is 44.8 Å². The van der Waals surface area contributed by atoms with Gasteiger partial charge in [0.05, 0.1) is 0 Å². The average molecular weight is 417 g/mol. The summed E-state index contributed by atoms with van der Waals surface area (Å²) in [5.41, 5.74) is 1.10. The van der Waals surface area contributed by atoms with Crippen molar-refractivity contribution in [1.29, 1.82) is 0 Å². The molecule has 0 fully saturated rings. The molecule has 0 aromatic heterocycles. The van der Waals surface area contributed by atoms with Gasteiger partial charge in [0.15, 0.2) is 23.0 Å². The highest BCUT2D eigenvalue weighted by Crippen LogP contribution is 2.38. The van der Waals surface area contributed by atoms with Crippen molar-refractivity contribution in [2.75, 3.05) is 12.5 Å². The van der Waals surface area contributed by atoms with E-state index in [1.165, 1.54) is 32.1 Å². The van der Waals surface area contributed by atoms with Crippen LogP contribution in [0.5, 0.6) is 23.0 Å². The summed E-state index contributed by atoms with van der Waals surface area (Å²) in [6.45, 7) is 4.43. The van der Waals surface area contributed by atoms with E-state index in [1.54, 1.807) is 0 Å². The molecule has 0 aliphatic carbocycles. The van der Waals surface area contributed by atoms with Gasteiger partial charge in [-0.25, -0.2) is 0 Å². The zero-order chi connectivity index (χ0) is 20.5. The predicted molar refractivity (Wildman–Crippen MR) is 119 cm³/mol. The summed E-state index contributed by atoms with van der Waals surface area (Å²) in [5.74, 6) is 3.47. The van der Waals surface area contributed by atoms with Gasteiger partial charge in [0.25, 0.3) is 0 Å². The minimum atomic E-state index is -0.807. The van der Waals surface area contributed by atoms with Crippen LogP contribution >= 0.6 is 0 Å². The maximum Gasteiger partial charge on any atom is 0.231 e. The van der Waals surface area contributed by atoms with E-state index >= 15 is 0 Å². The predicted octanol–water partition coefficient (Wildman–Crippen LogP) is 6.25. The Kier molecular flexibility index (Phi) is 8.41. The highest BCUT2D eigenvalue weighted by atomic mass is 32.2. The van der Waals surface area contributed by atoms with Gasteiger partial charge in [-0.3, -0.25) is 4.21 Å². The van der Waals surface area contributed by atoms with Gasteiger partial charge in [0.2, 0.25) is 6.79 Å². The molecule has 1 heterocycles. The van der Waals surface area contributed by atoms with E-state index in [9.17, 15) is 4.21 Å². The summed E-state index contributed by atoms with van der Waals surface area (Å²) < 4.78 is 30.0. The van der Waals surface area contributed by atoms with Crippen molar-refractivity contribution in [3.63, 3.8) is 0 Å². The molecule has 1 aliphatic heterocycles. The quantitative estimate of drug-likeness (QED) is 0.430. The third-order valence-corrected chi connectivity index (χ3v) is 6.93. The Balaban J connectivity index is 1.54. The number of rotatable bonds is 10. The van der Waals surface area contributed by atoms with E-state index in [2.05, 4.69) is 13.8 Å². The van der Waals surface area contributed by atoms with Crippen molar-refractivity contribution in [3.05, 3.63) is 48.0 Å². The molecule has 2 atom stereocenters. The highest BCUT2D eigenvalue weighted by Gasteiger charge is 2.17. The van der Waals surface area contributed by atoms with Crippen LogP contribution in [-0.2, 0) is 17.2 Å². The molecule has 0 bridgehead atoms. The summed E-state index contributed by atoms with van der Waals surface area (Å²) >= 11 is 0. The fourth-order valence-corrected chi connectivity index (χ4v) is 4.73. The van der Waals surface area contributed by atoms with Crippen LogP contribution in [0.1, 0.15) is 57.9 Å². The Bertz CT molecular complexity index is 805. The van der Waals surface area contributed by atoms with Crippen LogP contribution in [0.25, 0.3) is 0 Å². The van der Waals surface area contributed by atoms with E-state index in [1.807, 2.05) is 42.5 Å². The van der Waals surface area contributed by atoms with Crippen LogP contribution < -0.4 is 14.2 Å². The first-order valence-electron chi connectivity index (χ1n) is 10.7. The largest absolute Gasteiger partial charge is 0.454 e. The molecule has 0 saturated carbocycles. The van der Waals surface area contributed by atoms with E-state index in [-0.39, 0.29) is 12.0 Å². The molecule has 5 heteroatoms. The second kappa shape index (κ2) is 11.2. The maximum absolute atomic E-state index is 12.6. The molecule has 2 aromatic rings. The van der Waals surface area contributed by atoms with Crippen LogP contribution in [0.15, 0.2) is 42.5 Å². The molecule has 0 saturated heterocycles. The number of para-hydroxylation sites is 2. The standard InChI is InChI=1S/C24H32O4S/c1-3-4-5-6-7-10-15-29(25)19(2)16-20-13-14-23-24(17-20)27-18-26-21-11-8-9-12-22(21)28-23/h8-9,11-14,17,19H,3-7,10,15-16,18H2,1-2H3. The molecular weight excluding hydrogens is 384 g/mol. The summed E-state index contributed by atoms with van der Waals surface area (Å²) in [4.78, 5) is 0. The van der Waals surface area contributed by atoms with Gasteiger partial charge in [-0.1, -0.05) is 64.2 Å². The second-order valence-electron chi connectivity index (χ2n) is 7.60. The molecule has 0 spiro atoms. The van der Waals surface area contributed by atoms with Gasteiger partial charge in [-0.15, -0.1) is 0 Å². The molecule has 3 rings (SSSR count). The number of benzene rings is 2. The van der Waals surface area contributed by atoms with E-state index < -0.39 is 10.8 Å². The molecule has 0 N–H and O–H groups in total. The van der Waals surface area contributed by atoms with Gasteiger partial charge >= 0.3 is 0 Å². The van der Waals surface area contributed by atoms with Crippen LogP contribution in [0.3, 0.4) is 0 Å². The number of ether oxygens (including phenoxy) is 3. The van der Waals surface area contributed by atoms with Gasteiger partial charge in [-0.05, 0) is 42.7 Å². The minimum absolute atomic E-state index is 0.121. The molecule has 2 unspecified atom stereocenters. The number of fused-ring (bicyclic) bond motifs is 2. The maximum atomic E-state index is 12.6. The van der Waals surface area contributed by atoms with Gasteiger partial charge < -0.3 is 14.2 Å². The normalized spacial score (nSPS) is 14.8. The number of hydrogen-bond acceptors (Lipinski definition) is 4. The Hall–Kier alpha value is -2.01. The zero-order valence-electron chi connectivity index (χ0n) is 17.5. The van der Waals surface area contributed by atoms with Gasteiger partial charge in [0, 0.05) is 21.8 Å². The van der Waals surface area contributed by atoms with Crippen molar-refractivity contribution in [2.45, 2.75) is 64.0 Å². The SMILES string of the molecule is CCCCCCCCS(=O)C(C)Cc1ccc2c(c1)OCOc1ccccc1O2. The first-order valence-corrected chi connectivity index (χ1v) is 12.1. The Morgan fingerprint density at radius 3 is 2.41 bits per heavy atom. The molecule has 29 heavy (non-hydrogen) atoms. The number of unbranched alkanes of at least 4 members (excludes halogenated alkanes) is 5. The van der Waals surface area contributed by atoms with E-state index in [4.69, 9.17) is 14.2 Å². The molecule has 0 radical (unpaired) electrons. The monoisotopic (exact) mass is 416 g/mol. The summed E-state index contributed by atoms with van der Waals surface area (Å²) in [6.07, 6.45) is 8.12. The van der Waals surface area contributed by atoms with Gasteiger partial charge in [0.1, 0.15) is 0 Å². The Morgan fingerprint density at radius 2 is 1.59 bits per heavy atom. The fraction of sp³-hybridized carbons (Fsp3) is 0.500. The number of hydrogen-bond donors (Lipinski definition) is 0. The fourth-order valence-electron chi connectivity index (χ4n) is 3.46. The molecule has 2 aromatic carbocycles. The van der Waals surface area contributed by atoms with Crippen molar-refractivity contribution < 1.29 is 18.4 Å².